The quantitative estimate of drug-likeness (QED) is 0.732. The first kappa shape index (κ1) is 17.6. The number of hydrogen-bond donors (Lipinski definition) is 1. The molecule has 0 bridgehead atoms. The van der Waals surface area contributed by atoms with Gasteiger partial charge in [0.25, 0.3) is 0 Å². The highest BCUT2D eigenvalue weighted by Gasteiger charge is 2.11. The molecule has 0 fully saturated rings. The molecule has 104 valence electrons. The van der Waals surface area contributed by atoms with E-state index in [-0.39, 0.29) is 18.4 Å². The van der Waals surface area contributed by atoms with Gasteiger partial charge in [-0.25, -0.2) is 4.98 Å². The topological polar surface area (TPSA) is 69.1 Å². The summed E-state index contributed by atoms with van der Waals surface area (Å²) in [6.45, 7) is 1.90. The molecule has 0 saturated carbocycles. The van der Waals surface area contributed by atoms with Crippen LogP contribution in [0.1, 0.15) is 57.4 Å². The van der Waals surface area contributed by atoms with Crippen LogP contribution in [-0.2, 0) is 4.79 Å². The van der Waals surface area contributed by atoms with Gasteiger partial charge in [0.05, 0.1) is 12.2 Å². The number of ketones is 1. The summed E-state index contributed by atoms with van der Waals surface area (Å²) in [6.07, 6.45) is 6.76. The van der Waals surface area contributed by atoms with Gasteiger partial charge in [-0.05, 0) is 28.8 Å². The molecule has 2 N–H and O–H groups in total. The maximum absolute atomic E-state index is 11.1. The lowest BCUT2D eigenvalue weighted by atomic mass is 10.1. The van der Waals surface area contributed by atoms with Crippen LogP contribution in [0.25, 0.3) is 0 Å². The van der Waals surface area contributed by atoms with Crippen LogP contribution in [0.4, 0.5) is 0 Å². The van der Waals surface area contributed by atoms with E-state index in [1.54, 1.807) is 6.20 Å². The molecule has 0 amide bonds. The van der Waals surface area contributed by atoms with E-state index in [1.807, 2.05) is 6.92 Å². The number of halogens is 2. The molecule has 18 heavy (non-hydrogen) atoms. The number of aromatic nitrogens is 1. The van der Waals surface area contributed by atoms with Crippen molar-refractivity contribution in [3.8, 4) is 0 Å². The van der Waals surface area contributed by atoms with Gasteiger partial charge in [-0.3, -0.25) is 4.79 Å². The van der Waals surface area contributed by atoms with Crippen molar-refractivity contribution >= 4 is 34.1 Å². The molecule has 4 nitrogen and oxygen atoms in total. The van der Waals surface area contributed by atoms with Crippen LogP contribution < -0.4 is 5.73 Å². The number of carbonyl (C=O) groups is 1. The number of oxazole rings is 1. The third kappa shape index (κ3) is 6.52. The van der Waals surface area contributed by atoms with Gasteiger partial charge in [0.2, 0.25) is 5.89 Å². The van der Waals surface area contributed by atoms with E-state index in [0.717, 1.165) is 25.7 Å². The Kier molecular flexibility index (Phi) is 9.32. The fourth-order valence-corrected chi connectivity index (χ4v) is 1.87. The van der Waals surface area contributed by atoms with Crippen LogP contribution in [0.5, 0.6) is 0 Å². The van der Waals surface area contributed by atoms with Crippen molar-refractivity contribution < 1.29 is 9.21 Å². The number of nitrogens with two attached hydrogens (primary N) is 1. The van der Waals surface area contributed by atoms with E-state index >= 15 is 0 Å². The number of hydrogen-bond acceptors (Lipinski definition) is 4. The Bertz CT molecular complexity index is 358. The molecule has 0 saturated heterocycles. The van der Waals surface area contributed by atoms with Gasteiger partial charge in [-0.1, -0.05) is 19.8 Å². The number of Topliss-reactive ketones (excluding diaryl/α,β-unsaturated/α-hetero) is 1. The number of nitrogens with zero attached hydrogens (tertiary/aromatic N) is 1. The molecule has 1 aromatic heterocycles. The lowest BCUT2D eigenvalue weighted by Gasteiger charge is -2.06. The summed E-state index contributed by atoms with van der Waals surface area (Å²) in [6, 6.07) is -0.150. The highest BCUT2D eigenvalue weighted by Crippen LogP contribution is 2.20. The van der Waals surface area contributed by atoms with Crippen LogP contribution in [0.15, 0.2) is 15.3 Å². The van der Waals surface area contributed by atoms with Gasteiger partial charge in [0.1, 0.15) is 5.78 Å². The molecular weight excluding hydrogens is 320 g/mol. The van der Waals surface area contributed by atoms with Gasteiger partial charge in [-0.15, -0.1) is 12.4 Å². The van der Waals surface area contributed by atoms with Gasteiger partial charge in [0.15, 0.2) is 4.67 Å². The Hall–Kier alpha value is -0.390. The van der Waals surface area contributed by atoms with Crippen molar-refractivity contribution in [1.29, 1.82) is 0 Å². The molecule has 0 radical (unpaired) electrons. The van der Waals surface area contributed by atoms with E-state index < -0.39 is 0 Å². The molecule has 6 heteroatoms. The zero-order valence-corrected chi connectivity index (χ0v) is 12.9. The Morgan fingerprint density at radius 2 is 2.22 bits per heavy atom. The monoisotopic (exact) mass is 338 g/mol. The molecule has 1 rings (SSSR count). The molecule has 0 aliphatic rings. The minimum atomic E-state index is -0.150. The van der Waals surface area contributed by atoms with Crippen molar-refractivity contribution in [2.75, 3.05) is 0 Å². The minimum Gasteiger partial charge on any atom is -0.432 e. The minimum absolute atomic E-state index is 0. The van der Waals surface area contributed by atoms with Gasteiger partial charge in [0, 0.05) is 12.8 Å². The predicted octanol–water partition coefficient (Wildman–Crippen LogP) is 3.79. The Morgan fingerprint density at radius 1 is 1.50 bits per heavy atom. The van der Waals surface area contributed by atoms with E-state index in [9.17, 15) is 4.79 Å². The van der Waals surface area contributed by atoms with Crippen molar-refractivity contribution in [2.45, 2.75) is 51.5 Å². The largest absolute Gasteiger partial charge is 0.432 e. The van der Waals surface area contributed by atoms with E-state index in [1.165, 1.54) is 0 Å². The van der Waals surface area contributed by atoms with Crippen molar-refractivity contribution in [3.63, 3.8) is 0 Å². The maximum atomic E-state index is 11.1. The molecule has 0 aliphatic heterocycles. The number of carbonyl (C=O) groups excluding carboxylic acids is 1. The zero-order chi connectivity index (χ0) is 12.7. The summed E-state index contributed by atoms with van der Waals surface area (Å²) in [5.41, 5.74) is 5.93. The lowest BCUT2D eigenvalue weighted by molar-refractivity contribution is -0.118. The summed E-state index contributed by atoms with van der Waals surface area (Å²) < 4.78 is 5.89. The molecule has 1 heterocycles. The summed E-state index contributed by atoms with van der Waals surface area (Å²) in [5.74, 6) is 0.910. The maximum Gasteiger partial charge on any atom is 0.212 e. The SMILES string of the molecule is CCC(=O)CCCCC[C@H](N)c1ncc(Br)o1.Cl. The van der Waals surface area contributed by atoms with Gasteiger partial charge < -0.3 is 10.2 Å². The highest BCUT2D eigenvalue weighted by atomic mass is 79.9. The highest BCUT2D eigenvalue weighted by molar-refractivity contribution is 9.10. The van der Waals surface area contributed by atoms with Crippen molar-refractivity contribution in [2.24, 2.45) is 5.73 Å². The normalized spacial score (nSPS) is 11.9. The molecule has 1 atom stereocenters. The molecule has 0 spiro atoms. The second kappa shape index (κ2) is 9.53. The summed E-state index contributed by atoms with van der Waals surface area (Å²) in [7, 11) is 0. The van der Waals surface area contributed by atoms with Crippen LogP contribution in [0, 0.1) is 0 Å². The first-order chi connectivity index (χ1) is 8.13. The van der Waals surface area contributed by atoms with Crippen LogP contribution in [0.3, 0.4) is 0 Å². The fourth-order valence-electron chi connectivity index (χ4n) is 1.60. The third-order valence-electron chi connectivity index (χ3n) is 2.68. The van der Waals surface area contributed by atoms with E-state index in [2.05, 4.69) is 20.9 Å². The third-order valence-corrected chi connectivity index (χ3v) is 3.04. The zero-order valence-electron chi connectivity index (χ0n) is 10.5. The average molecular weight is 340 g/mol. The first-order valence-electron chi connectivity index (χ1n) is 6.02. The molecular formula is C12H20BrClN2O2. The van der Waals surface area contributed by atoms with Crippen LogP contribution >= 0.6 is 28.3 Å². The second-order valence-corrected chi connectivity index (χ2v) is 4.88. The smallest absolute Gasteiger partial charge is 0.212 e. The average Bonchev–Trinajstić information content (AvgIpc) is 2.75. The Labute approximate surface area is 122 Å². The standard InChI is InChI=1S/C12H19BrN2O2.ClH/c1-2-9(16)6-4-3-5-7-10(14)12-15-8-11(13)17-12;/h8,10H,2-7,14H2,1H3;1H/t10-;/m0./s1. The second-order valence-electron chi connectivity index (χ2n) is 4.10. The lowest BCUT2D eigenvalue weighted by Crippen LogP contribution is -2.10. The van der Waals surface area contributed by atoms with Crippen LogP contribution in [-0.4, -0.2) is 10.8 Å². The molecule has 0 aromatic carbocycles. The molecule has 1 aromatic rings. The predicted molar refractivity (Wildman–Crippen MR) is 76.8 cm³/mol. The summed E-state index contributed by atoms with van der Waals surface area (Å²) >= 11 is 3.20. The summed E-state index contributed by atoms with van der Waals surface area (Å²) in [5, 5.41) is 0. The summed E-state index contributed by atoms with van der Waals surface area (Å²) in [4.78, 5) is 15.1. The van der Waals surface area contributed by atoms with E-state index in [4.69, 9.17) is 10.2 Å². The van der Waals surface area contributed by atoms with Crippen LogP contribution in [0.2, 0.25) is 0 Å². The van der Waals surface area contributed by atoms with E-state index in [0.29, 0.717) is 29.2 Å². The fraction of sp³-hybridized carbons (Fsp3) is 0.667. The number of rotatable bonds is 8. The van der Waals surface area contributed by atoms with Gasteiger partial charge in [-0.2, -0.15) is 0 Å². The molecule has 0 unspecified atom stereocenters. The number of unbranched alkanes of at least 4 members (excludes halogenated alkanes) is 2. The van der Waals surface area contributed by atoms with Crippen molar-refractivity contribution in [3.05, 3.63) is 16.8 Å². The Balaban J connectivity index is 0.00000289. The molecule has 0 aliphatic carbocycles. The van der Waals surface area contributed by atoms with Gasteiger partial charge >= 0.3 is 0 Å². The first-order valence-corrected chi connectivity index (χ1v) is 6.81. The Morgan fingerprint density at radius 3 is 2.78 bits per heavy atom. The van der Waals surface area contributed by atoms with Crippen molar-refractivity contribution in [1.82, 2.24) is 4.98 Å².